The maximum Gasteiger partial charge on any atom is 0.308 e. The van der Waals surface area contributed by atoms with Gasteiger partial charge in [-0.15, -0.1) is 0 Å². The highest BCUT2D eigenvalue weighted by Crippen LogP contribution is 2.35. The molecule has 0 radical (unpaired) electrons. The number of hydrogen-bond acceptors (Lipinski definition) is 4. The largest absolute Gasteiger partial charge is 0.424 e. The Kier molecular flexibility index (Phi) is 7.25. The molecular formula is C24H29N3O3. The second-order valence-electron chi connectivity index (χ2n) is 7.10. The number of nitrogens with zero attached hydrogens (tertiary/aromatic N) is 2. The molecule has 3 rings (SSSR count). The van der Waals surface area contributed by atoms with Crippen molar-refractivity contribution in [2.45, 2.75) is 27.2 Å². The minimum Gasteiger partial charge on any atom is -0.424 e. The van der Waals surface area contributed by atoms with E-state index in [1.165, 1.54) is 6.92 Å². The predicted octanol–water partition coefficient (Wildman–Crippen LogP) is 4.02. The van der Waals surface area contributed by atoms with Gasteiger partial charge in [0, 0.05) is 24.5 Å². The van der Waals surface area contributed by atoms with E-state index >= 15 is 0 Å². The van der Waals surface area contributed by atoms with Crippen molar-refractivity contribution in [1.82, 2.24) is 14.8 Å². The number of aromatic nitrogens is 1. The molecule has 1 amide bonds. The molecule has 1 heterocycles. The molecule has 0 spiro atoms. The summed E-state index contributed by atoms with van der Waals surface area (Å²) >= 11 is 0. The number of esters is 1. The number of fused-ring (bicyclic) bond motifs is 1. The molecule has 0 unspecified atom stereocenters. The third-order valence-corrected chi connectivity index (χ3v) is 5.13. The van der Waals surface area contributed by atoms with Crippen molar-refractivity contribution in [3.63, 3.8) is 0 Å². The second-order valence-corrected chi connectivity index (χ2v) is 7.10. The normalized spacial score (nSPS) is 11.1. The number of carbonyl (C=O) groups is 2. The summed E-state index contributed by atoms with van der Waals surface area (Å²) in [5, 5.41) is 3.74. The molecule has 0 aliphatic heterocycles. The van der Waals surface area contributed by atoms with Crippen LogP contribution in [0.3, 0.4) is 0 Å². The lowest BCUT2D eigenvalue weighted by molar-refractivity contribution is -0.131. The first-order chi connectivity index (χ1) is 14.6. The number of carbonyl (C=O) groups excluding carboxylic acids is 2. The van der Waals surface area contributed by atoms with E-state index in [1.807, 2.05) is 59.2 Å². The van der Waals surface area contributed by atoms with E-state index in [-0.39, 0.29) is 5.91 Å². The highest BCUT2D eigenvalue weighted by Gasteiger charge is 2.26. The average molecular weight is 408 g/mol. The molecule has 0 fully saturated rings. The van der Waals surface area contributed by atoms with Crippen LogP contribution < -0.4 is 10.1 Å². The summed E-state index contributed by atoms with van der Waals surface area (Å²) in [5.74, 6) is -0.421. The fraction of sp³-hybridized carbons (Fsp3) is 0.333. The van der Waals surface area contributed by atoms with Crippen LogP contribution in [0.4, 0.5) is 0 Å². The lowest BCUT2D eigenvalue weighted by Gasteiger charge is -2.18. The van der Waals surface area contributed by atoms with Crippen molar-refractivity contribution in [1.29, 1.82) is 0 Å². The van der Waals surface area contributed by atoms with E-state index in [4.69, 9.17) is 4.74 Å². The predicted molar refractivity (Wildman–Crippen MR) is 119 cm³/mol. The van der Waals surface area contributed by atoms with Crippen molar-refractivity contribution in [3.05, 3.63) is 60.3 Å². The van der Waals surface area contributed by atoms with Gasteiger partial charge in [0.15, 0.2) is 11.4 Å². The second kappa shape index (κ2) is 10.1. The third kappa shape index (κ3) is 4.71. The summed E-state index contributed by atoms with van der Waals surface area (Å²) in [6.45, 7) is 9.06. The molecule has 0 bridgehead atoms. The Morgan fingerprint density at radius 2 is 1.67 bits per heavy atom. The minimum absolute atomic E-state index is 0.258. The van der Waals surface area contributed by atoms with E-state index in [1.54, 1.807) is 0 Å². The summed E-state index contributed by atoms with van der Waals surface area (Å²) < 4.78 is 7.39. The van der Waals surface area contributed by atoms with Gasteiger partial charge < -0.3 is 19.5 Å². The molecular weight excluding hydrogens is 378 g/mol. The Morgan fingerprint density at radius 3 is 2.33 bits per heavy atom. The van der Waals surface area contributed by atoms with Crippen LogP contribution in [0.25, 0.3) is 16.6 Å². The Balaban J connectivity index is 1.99. The molecule has 0 aliphatic rings. The summed E-state index contributed by atoms with van der Waals surface area (Å²) in [6, 6.07) is 17.2. The van der Waals surface area contributed by atoms with E-state index < -0.39 is 5.97 Å². The molecule has 2 aromatic carbocycles. The summed E-state index contributed by atoms with van der Waals surface area (Å²) in [7, 11) is 0. The summed E-state index contributed by atoms with van der Waals surface area (Å²) in [4.78, 5) is 27.4. The van der Waals surface area contributed by atoms with E-state index in [9.17, 15) is 9.59 Å². The van der Waals surface area contributed by atoms with Gasteiger partial charge in [-0.1, -0.05) is 44.2 Å². The molecule has 6 heteroatoms. The maximum absolute atomic E-state index is 13.3. The molecule has 1 aromatic heterocycles. The Hall–Kier alpha value is -3.12. The van der Waals surface area contributed by atoms with Crippen LogP contribution in [0, 0.1) is 0 Å². The van der Waals surface area contributed by atoms with Crippen molar-refractivity contribution in [2.24, 2.45) is 0 Å². The number of hydrogen-bond donors (Lipinski definition) is 1. The first-order valence-corrected chi connectivity index (χ1v) is 10.4. The van der Waals surface area contributed by atoms with Crippen molar-refractivity contribution in [2.75, 3.05) is 26.2 Å². The topological polar surface area (TPSA) is 63.6 Å². The van der Waals surface area contributed by atoms with Crippen LogP contribution in [0.2, 0.25) is 0 Å². The van der Waals surface area contributed by atoms with Crippen molar-refractivity contribution < 1.29 is 14.3 Å². The first kappa shape index (κ1) is 21.6. The number of rotatable bonds is 9. The van der Waals surface area contributed by atoms with Gasteiger partial charge in [0.05, 0.1) is 5.52 Å². The van der Waals surface area contributed by atoms with Crippen LogP contribution >= 0.6 is 0 Å². The first-order valence-electron chi connectivity index (χ1n) is 10.4. The van der Waals surface area contributed by atoms with Gasteiger partial charge in [0.25, 0.3) is 5.91 Å². The third-order valence-electron chi connectivity index (χ3n) is 5.13. The highest BCUT2D eigenvalue weighted by molar-refractivity contribution is 6.06. The zero-order valence-electron chi connectivity index (χ0n) is 17.9. The molecule has 0 aliphatic carbocycles. The summed E-state index contributed by atoms with van der Waals surface area (Å²) in [6.07, 6.45) is 0.849. The number of ether oxygens (including phenoxy) is 1. The number of amides is 1. The van der Waals surface area contributed by atoms with E-state index in [0.29, 0.717) is 18.0 Å². The molecule has 6 nitrogen and oxygen atoms in total. The Morgan fingerprint density at radius 1 is 1.00 bits per heavy atom. The van der Waals surface area contributed by atoms with E-state index in [2.05, 4.69) is 24.1 Å². The van der Waals surface area contributed by atoms with Crippen LogP contribution in [0.5, 0.6) is 5.75 Å². The van der Waals surface area contributed by atoms with Gasteiger partial charge in [-0.25, -0.2) is 0 Å². The van der Waals surface area contributed by atoms with Gasteiger partial charge in [-0.05, 0) is 50.3 Å². The number of benzene rings is 2. The quantitative estimate of drug-likeness (QED) is 0.430. The zero-order chi connectivity index (χ0) is 21.5. The number of para-hydroxylation sites is 2. The maximum atomic E-state index is 13.3. The monoisotopic (exact) mass is 407 g/mol. The average Bonchev–Trinajstić information content (AvgIpc) is 3.08. The zero-order valence-corrected chi connectivity index (χ0v) is 17.9. The Labute approximate surface area is 177 Å². The lowest BCUT2D eigenvalue weighted by Crippen LogP contribution is -2.31. The highest BCUT2D eigenvalue weighted by atomic mass is 16.5. The SMILES string of the molecule is CCN(CC)CCCNC(=O)c1c(OC(C)=O)c2ccccc2n1-c1ccccc1. The standard InChI is InChI=1S/C24H29N3O3/c1-4-26(5-2)17-11-16-25-24(29)22-23(30-18(3)28)20-14-9-10-15-21(20)27(22)19-12-7-6-8-13-19/h6-10,12-15H,4-5,11,16-17H2,1-3H3,(H,25,29). The van der Waals surface area contributed by atoms with Gasteiger partial charge in [0.2, 0.25) is 0 Å². The van der Waals surface area contributed by atoms with Crippen LogP contribution in [0.1, 0.15) is 37.7 Å². The molecule has 3 aromatic rings. The van der Waals surface area contributed by atoms with Crippen LogP contribution in [0.15, 0.2) is 54.6 Å². The molecule has 30 heavy (non-hydrogen) atoms. The fourth-order valence-electron chi connectivity index (χ4n) is 3.64. The van der Waals surface area contributed by atoms with Gasteiger partial charge in [0.1, 0.15) is 0 Å². The van der Waals surface area contributed by atoms with Crippen molar-refractivity contribution in [3.8, 4) is 11.4 Å². The summed E-state index contributed by atoms with van der Waals surface area (Å²) in [5.41, 5.74) is 1.98. The molecule has 0 saturated carbocycles. The minimum atomic E-state index is -0.457. The van der Waals surface area contributed by atoms with Crippen LogP contribution in [-0.2, 0) is 4.79 Å². The molecule has 158 valence electrons. The molecule has 1 N–H and O–H groups in total. The lowest BCUT2D eigenvalue weighted by atomic mass is 10.2. The fourth-order valence-corrected chi connectivity index (χ4v) is 3.64. The van der Waals surface area contributed by atoms with Gasteiger partial charge >= 0.3 is 5.97 Å². The van der Waals surface area contributed by atoms with Crippen molar-refractivity contribution >= 4 is 22.8 Å². The van der Waals surface area contributed by atoms with Crippen LogP contribution in [-0.4, -0.2) is 47.5 Å². The smallest absolute Gasteiger partial charge is 0.308 e. The molecule has 0 atom stereocenters. The van der Waals surface area contributed by atoms with Gasteiger partial charge in [-0.3, -0.25) is 9.59 Å². The number of nitrogens with one attached hydrogen (secondary N) is 1. The Bertz CT molecular complexity index is 1010. The molecule has 0 saturated heterocycles. The van der Waals surface area contributed by atoms with Gasteiger partial charge in [-0.2, -0.15) is 0 Å². The van der Waals surface area contributed by atoms with E-state index in [0.717, 1.165) is 42.6 Å².